The lowest BCUT2D eigenvalue weighted by Crippen LogP contribution is -2.40. The first kappa shape index (κ1) is 13.1. The average Bonchev–Trinajstić information content (AvgIpc) is 3.13. The van der Waals surface area contributed by atoms with Gasteiger partial charge < -0.3 is 14.5 Å². The van der Waals surface area contributed by atoms with Crippen LogP contribution in [0.3, 0.4) is 0 Å². The highest BCUT2D eigenvalue weighted by atomic mass is 32.2. The molecule has 19 heavy (non-hydrogen) atoms. The lowest BCUT2D eigenvalue weighted by atomic mass is 10.4. The monoisotopic (exact) mass is 286 g/mol. The Labute approximate surface area is 112 Å². The molecule has 2 heterocycles. The van der Waals surface area contributed by atoms with E-state index in [1.807, 2.05) is 0 Å². The van der Waals surface area contributed by atoms with Crippen LogP contribution in [0.4, 0.5) is 0 Å². The Hall–Kier alpha value is -0.890. The lowest BCUT2D eigenvalue weighted by molar-refractivity contribution is 0.0723. The van der Waals surface area contributed by atoms with Crippen molar-refractivity contribution >= 4 is 10.0 Å². The van der Waals surface area contributed by atoms with Crippen molar-refractivity contribution in [2.24, 2.45) is 0 Å². The topological polar surface area (TPSA) is 71.8 Å². The molecule has 1 N–H and O–H groups in total. The lowest BCUT2D eigenvalue weighted by Gasteiger charge is -2.24. The predicted molar refractivity (Wildman–Crippen MR) is 68.1 cm³/mol. The molecule has 2 aliphatic rings. The number of furan rings is 1. The van der Waals surface area contributed by atoms with Gasteiger partial charge in [-0.15, -0.1) is 0 Å². The Kier molecular flexibility index (Phi) is 3.62. The van der Waals surface area contributed by atoms with Gasteiger partial charge in [-0.3, -0.25) is 0 Å². The van der Waals surface area contributed by atoms with Crippen LogP contribution in [0.25, 0.3) is 0 Å². The standard InChI is InChI=1S/C12H18N2O4S/c15-19(16,14-5-7-17-8-6-14)12-4-3-11(18-12)9-13-10-1-2-10/h3-4,10,13H,1-2,5-9H2. The Morgan fingerprint density at radius 2 is 2.00 bits per heavy atom. The number of hydrogen-bond donors (Lipinski definition) is 1. The number of nitrogens with one attached hydrogen (secondary N) is 1. The Balaban J connectivity index is 1.69. The zero-order valence-corrected chi connectivity index (χ0v) is 11.5. The molecule has 6 nitrogen and oxygen atoms in total. The summed E-state index contributed by atoms with van der Waals surface area (Å²) in [6.45, 7) is 2.24. The first-order valence-corrected chi connectivity index (χ1v) is 8.00. The molecule has 1 saturated carbocycles. The number of nitrogens with zero attached hydrogens (tertiary/aromatic N) is 1. The van der Waals surface area contributed by atoms with Gasteiger partial charge in [-0.25, -0.2) is 8.42 Å². The Morgan fingerprint density at radius 3 is 2.68 bits per heavy atom. The largest absolute Gasteiger partial charge is 0.447 e. The molecule has 0 radical (unpaired) electrons. The van der Waals surface area contributed by atoms with Crippen molar-refractivity contribution in [1.29, 1.82) is 0 Å². The van der Waals surface area contributed by atoms with Crippen LogP contribution in [-0.4, -0.2) is 45.1 Å². The fourth-order valence-corrected chi connectivity index (χ4v) is 3.38. The van der Waals surface area contributed by atoms with Crippen LogP contribution in [0.5, 0.6) is 0 Å². The quantitative estimate of drug-likeness (QED) is 0.856. The smallest absolute Gasteiger partial charge is 0.276 e. The summed E-state index contributed by atoms with van der Waals surface area (Å²) in [5.41, 5.74) is 0. The van der Waals surface area contributed by atoms with Crippen molar-refractivity contribution in [3.63, 3.8) is 0 Å². The van der Waals surface area contributed by atoms with Gasteiger partial charge in [0.15, 0.2) is 0 Å². The van der Waals surface area contributed by atoms with Crippen molar-refractivity contribution in [2.75, 3.05) is 26.3 Å². The van der Waals surface area contributed by atoms with Gasteiger partial charge >= 0.3 is 0 Å². The SMILES string of the molecule is O=S(=O)(c1ccc(CNC2CC2)o1)N1CCOCC1. The van der Waals surface area contributed by atoms with E-state index in [1.165, 1.54) is 23.2 Å². The molecule has 0 unspecified atom stereocenters. The highest BCUT2D eigenvalue weighted by Gasteiger charge is 2.29. The van der Waals surface area contributed by atoms with Crippen LogP contribution in [0.2, 0.25) is 0 Å². The molecule has 1 aromatic rings. The zero-order valence-electron chi connectivity index (χ0n) is 10.7. The number of morpholine rings is 1. The summed E-state index contributed by atoms with van der Waals surface area (Å²) in [5, 5.41) is 3.32. The van der Waals surface area contributed by atoms with E-state index < -0.39 is 10.0 Å². The first-order chi connectivity index (χ1) is 9.16. The van der Waals surface area contributed by atoms with E-state index in [0.717, 1.165) is 0 Å². The second-order valence-electron chi connectivity index (χ2n) is 4.89. The minimum absolute atomic E-state index is 0.0296. The average molecular weight is 286 g/mol. The summed E-state index contributed by atoms with van der Waals surface area (Å²) in [4.78, 5) is 0. The molecule has 3 rings (SSSR count). The van der Waals surface area contributed by atoms with Crippen molar-refractivity contribution in [3.05, 3.63) is 17.9 Å². The fraction of sp³-hybridized carbons (Fsp3) is 0.667. The van der Waals surface area contributed by atoms with Crippen LogP contribution in [-0.2, 0) is 21.3 Å². The van der Waals surface area contributed by atoms with E-state index in [2.05, 4.69) is 5.32 Å². The second-order valence-corrected chi connectivity index (χ2v) is 6.76. The minimum atomic E-state index is -3.51. The summed E-state index contributed by atoms with van der Waals surface area (Å²) >= 11 is 0. The molecule has 106 valence electrons. The fourth-order valence-electron chi connectivity index (χ4n) is 2.04. The molecule has 0 bridgehead atoms. The molecule has 0 atom stereocenters. The Morgan fingerprint density at radius 1 is 1.26 bits per heavy atom. The predicted octanol–water partition coefficient (Wildman–Crippen LogP) is 0.552. The third-order valence-electron chi connectivity index (χ3n) is 3.34. The maximum Gasteiger partial charge on any atom is 0.276 e. The summed E-state index contributed by atoms with van der Waals surface area (Å²) in [6, 6.07) is 3.83. The van der Waals surface area contributed by atoms with Crippen LogP contribution in [0.1, 0.15) is 18.6 Å². The molecular formula is C12H18N2O4S. The van der Waals surface area contributed by atoms with Crippen LogP contribution < -0.4 is 5.32 Å². The molecule has 1 aromatic heterocycles. The van der Waals surface area contributed by atoms with Gasteiger partial charge in [0.1, 0.15) is 5.76 Å². The highest BCUT2D eigenvalue weighted by Crippen LogP contribution is 2.22. The molecule has 7 heteroatoms. The van der Waals surface area contributed by atoms with Gasteiger partial charge in [0.25, 0.3) is 10.0 Å². The summed E-state index contributed by atoms with van der Waals surface area (Å²) in [7, 11) is -3.51. The van der Waals surface area contributed by atoms with Crippen LogP contribution in [0, 0.1) is 0 Å². The molecule has 0 aromatic carbocycles. The van der Waals surface area contributed by atoms with Gasteiger partial charge in [-0.05, 0) is 25.0 Å². The maximum atomic E-state index is 12.3. The molecule has 0 spiro atoms. The third-order valence-corrected chi connectivity index (χ3v) is 5.12. The number of ether oxygens (including phenoxy) is 1. The van der Waals surface area contributed by atoms with E-state index in [1.54, 1.807) is 6.07 Å². The van der Waals surface area contributed by atoms with Crippen LogP contribution >= 0.6 is 0 Å². The van der Waals surface area contributed by atoms with Gasteiger partial charge in [0, 0.05) is 19.1 Å². The molecule has 2 fully saturated rings. The van der Waals surface area contributed by atoms with Crippen LogP contribution in [0.15, 0.2) is 21.6 Å². The molecule has 1 aliphatic carbocycles. The van der Waals surface area contributed by atoms with E-state index >= 15 is 0 Å². The van der Waals surface area contributed by atoms with E-state index in [9.17, 15) is 8.42 Å². The van der Waals surface area contributed by atoms with Crippen molar-refractivity contribution < 1.29 is 17.6 Å². The van der Waals surface area contributed by atoms with E-state index in [-0.39, 0.29) is 5.09 Å². The number of hydrogen-bond acceptors (Lipinski definition) is 5. The van der Waals surface area contributed by atoms with Gasteiger partial charge in [0.2, 0.25) is 5.09 Å². The number of sulfonamides is 1. The maximum absolute atomic E-state index is 12.3. The summed E-state index contributed by atoms with van der Waals surface area (Å²) < 4.78 is 36.6. The highest BCUT2D eigenvalue weighted by molar-refractivity contribution is 7.89. The van der Waals surface area contributed by atoms with Crippen molar-refractivity contribution in [2.45, 2.75) is 30.5 Å². The zero-order chi connectivity index (χ0) is 13.3. The van der Waals surface area contributed by atoms with Crippen molar-refractivity contribution in [1.82, 2.24) is 9.62 Å². The molecule has 0 amide bonds. The van der Waals surface area contributed by atoms with E-state index in [0.29, 0.717) is 44.7 Å². The minimum Gasteiger partial charge on any atom is -0.447 e. The first-order valence-electron chi connectivity index (χ1n) is 6.56. The second kappa shape index (κ2) is 5.24. The van der Waals surface area contributed by atoms with E-state index in [4.69, 9.17) is 9.15 Å². The summed E-state index contributed by atoms with van der Waals surface area (Å²) in [5.74, 6) is 0.665. The number of rotatable bonds is 5. The van der Waals surface area contributed by atoms with Gasteiger partial charge in [0.05, 0.1) is 19.8 Å². The third kappa shape index (κ3) is 3.00. The van der Waals surface area contributed by atoms with Gasteiger partial charge in [-0.1, -0.05) is 0 Å². The molecule has 1 aliphatic heterocycles. The molecular weight excluding hydrogens is 268 g/mol. The Bertz CT molecular complexity index is 530. The van der Waals surface area contributed by atoms with Gasteiger partial charge in [-0.2, -0.15) is 4.31 Å². The normalized spacial score (nSPS) is 21.7. The molecule has 1 saturated heterocycles. The van der Waals surface area contributed by atoms with Crippen molar-refractivity contribution in [3.8, 4) is 0 Å². The summed E-state index contributed by atoms with van der Waals surface area (Å²) in [6.07, 6.45) is 2.39.